The lowest BCUT2D eigenvalue weighted by atomic mass is 10.2. The summed E-state index contributed by atoms with van der Waals surface area (Å²) in [7, 11) is 0. The van der Waals surface area contributed by atoms with Gasteiger partial charge in [0.05, 0.1) is 15.6 Å². The molecule has 1 aromatic heterocycles. The molecule has 0 radical (unpaired) electrons. The third-order valence-corrected chi connectivity index (χ3v) is 4.10. The second-order valence-corrected chi connectivity index (χ2v) is 6.37. The van der Waals surface area contributed by atoms with Crippen molar-refractivity contribution in [1.82, 2.24) is 9.78 Å². The number of carbonyl (C=O) groups excluding carboxylic acids is 2. The average Bonchev–Trinajstić information content (AvgIpc) is 3.08. The summed E-state index contributed by atoms with van der Waals surface area (Å²) in [6.45, 7) is -1.39. The molecule has 3 aromatic rings. The van der Waals surface area contributed by atoms with E-state index in [4.69, 9.17) is 20.8 Å². The van der Waals surface area contributed by atoms with Crippen molar-refractivity contribution in [2.24, 2.45) is 0 Å². The van der Waals surface area contributed by atoms with E-state index in [1.165, 1.54) is 18.2 Å². The van der Waals surface area contributed by atoms with Gasteiger partial charge in [-0.1, -0.05) is 11.6 Å². The van der Waals surface area contributed by atoms with E-state index in [1.54, 1.807) is 0 Å². The van der Waals surface area contributed by atoms with Gasteiger partial charge in [0.2, 0.25) is 5.89 Å². The lowest BCUT2D eigenvalue weighted by molar-refractivity contribution is -0.384. The summed E-state index contributed by atoms with van der Waals surface area (Å²) in [5.41, 5.74) is -0.00790. The Bertz CT molecular complexity index is 1210. The number of hydrogen-bond acceptors (Lipinski definition) is 8. The lowest BCUT2D eigenvalue weighted by Gasteiger charge is -2.07. The molecule has 0 aliphatic heterocycles. The number of nitrogens with one attached hydrogen (secondary N) is 1. The quantitative estimate of drug-likeness (QED) is 0.328. The fourth-order valence-corrected chi connectivity index (χ4v) is 2.50. The second kappa shape index (κ2) is 9.17. The highest BCUT2D eigenvalue weighted by Gasteiger charge is 2.16. The molecule has 1 N–H and O–H groups in total. The molecule has 0 unspecified atom stereocenters. The number of non-ortho nitro benzene ring substituents is 1. The van der Waals surface area contributed by atoms with E-state index in [2.05, 4.69) is 10.4 Å². The van der Waals surface area contributed by atoms with Crippen LogP contribution in [-0.2, 0) is 20.9 Å². The van der Waals surface area contributed by atoms with Gasteiger partial charge in [-0.3, -0.25) is 19.7 Å². The van der Waals surface area contributed by atoms with Crippen molar-refractivity contribution in [2.45, 2.75) is 6.54 Å². The number of carbonyl (C=O) groups is 2. The number of ether oxygens (including phenoxy) is 1. The average molecular weight is 451 g/mol. The fourth-order valence-electron chi connectivity index (χ4n) is 2.34. The van der Waals surface area contributed by atoms with E-state index in [-0.39, 0.29) is 22.3 Å². The molecule has 2 aromatic carbocycles. The predicted molar refractivity (Wildman–Crippen MR) is 104 cm³/mol. The van der Waals surface area contributed by atoms with Crippen LogP contribution in [0.3, 0.4) is 0 Å². The Hall–Kier alpha value is -4.06. The number of nitro groups is 1. The minimum Gasteiger partial charge on any atom is -0.454 e. The summed E-state index contributed by atoms with van der Waals surface area (Å²) in [6, 6.07) is 8.42. The second-order valence-electron chi connectivity index (χ2n) is 5.97. The molecular weight excluding hydrogens is 439 g/mol. The number of nitro benzene ring substituents is 1. The topological polar surface area (TPSA) is 147 Å². The van der Waals surface area contributed by atoms with Crippen molar-refractivity contribution in [3.63, 3.8) is 0 Å². The van der Waals surface area contributed by atoms with Gasteiger partial charge >= 0.3 is 11.7 Å². The molecule has 1 heterocycles. The van der Waals surface area contributed by atoms with Crippen LogP contribution < -0.4 is 11.1 Å². The van der Waals surface area contributed by atoms with E-state index in [9.17, 15) is 28.9 Å². The zero-order valence-electron chi connectivity index (χ0n) is 15.4. The summed E-state index contributed by atoms with van der Waals surface area (Å²) in [4.78, 5) is 45.8. The SMILES string of the molecule is O=C(COC(=O)Cn1nc(-c2ccc(F)cc2)oc1=O)Nc1cc([N+](=O)[O-])ccc1Cl. The summed E-state index contributed by atoms with van der Waals surface area (Å²) in [5, 5.41) is 16.9. The van der Waals surface area contributed by atoms with Crippen LogP contribution in [0.4, 0.5) is 15.8 Å². The smallest absolute Gasteiger partial charge is 0.437 e. The van der Waals surface area contributed by atoms with Gasteiger partial charge in [-0.05, 0) is 30.3 Å². The molecule has 1 amide bonds. The van der Waals surface area contributed by atoms with Gasteiger partial charge in [-0.2, -0.15) is 4.68 Å². The Morgan fingerprint density at radius 1 is 1.26 bits per heavy atom. The van der Waals surface area contributed by atoms with Crippen molar-refractivity contribution in [3.05, 3.63) is 74.0 Å². The monoisotopic (exact) mass is 450 g/mol. The lowest BCUT2D eigenvalue weighted by Crippen LogP contribution is -2.26. The first-order valence-electron chi connectivity index (χ1n) is 8.46. The van der Waals surface area contributed by atoms with Crippen LogP contribution in [0.1, 0.15) is 0 Å². The van der Waals surface area contributed by atoms with Crippen LogP contribution in [0.2, 0.25) is 5.02 Å². The molecule has 0 aliphatic rings. The minimum atomic E-state index is -0.971. The van der Waals surface area contributed by atoms with Crippen LogP contribution in [-0.4, -0.2) is 33.2 Å². The molecule has 0 bridgehead atoms. The first-order valence-corrected chi connectivity index (χ1v) is 8.84. The highest BCUT2D eigenvalue weighted by Crippen LogP contribution is 2.26. The molecule has 3 rings (SSSR count). The van der Waals surface area contributed by atoms with Crippen molar-refractivity contribution >= 4 is 34.9 Å². The Labute approximate surface area is 177 Å². The molecule has 31 heavy (non-hydrogen) atoms. The van der Waals surface area contributed by atoms with E-state index >= 15 is 0 Å². The molecule has 0 fully saturated rings. The van der Waals surface area contributed by atoms with Crippen molar-refractivity contribution in [3.8, 4) is 11.5 Å². The Morgan fingerprint density at radius 2 is 1.97 bits per heavy atom. The normalized spacial score (nSPS) is 10.5. The number of anilines is 1. The maximum Gasteiger partial charge on any atom is 0.437 e. The Kier molecular flexibility index (Phi) is 6.40. The molecule has 0 aliphatic carbocycles. The third kappa shape index (κ3) is 5.51. The maximum absolute atomic E-state index is 13.0. The van der Waals surface area contributed by atoms with Gasteiger partial charge in [-0.15, -0.1) is 5.10 Å². The van der Waals surface area contributed by atoms with Crippen LogP contribution in [0, 0.1) is 15.9 Å². The molecular formula is C18H12ClFN4O7. The van der Waals surface area contributed by atoms with Gasteiger partial charge in [0.15, 0.2) is 6.61 Å². The zero-order chi connectivity index (χ0) is 22.5. The molecule has 13 heteroatoms. The number of esters is 1. The van der Waals surface area contributed by atoms with Crippen LogP contribution in [0.15, 0.2) is 51.7 Å². The number of benzene rings is 2. The first-order chi connectivity index (χ1) is 14.7. The summed E-state index contributed by atoms with van der Waals surface area (Å²) >= 11 is 5.87. The van der Waals surface area contributed by atoms with E-state index < -0.39 is 41.5 Å². The molecule has 11 nitrogen and oxygen atoms in total. The van der Waals surface area contributed by atoms with E-state index in [0.717, 1.165) is 24.3 Å². The molecule has 0 spiro atoms. The van der Waals surface area contributed by atoms with E-state index in [1.807, 2.05) is 0 Å². The first kappa shape index (κ1) is 21.6. The molecule has 0 saturated carbocycles. The number of nitrogens with zero attached hydrogens (tertiary/aromatic N) is 3. The highest BCUT2D eigenvalue weighted by atomic mass is 35.5. The maximum atomic E-state index is 13.0. The molecule has 0 saturated heterocycles. The summed E-state index contributed by atoms with van der Waals surface area (Å²) < 4.78 is 23.3. The van der Waals surface area contributed by atoms with Gasteiger partial charge in [0.1, 0.15) is 12.4 Å². The largest absolute Gasteiger partial charge is 0.454 e. The number of aromatic nitrogens is 2. The highest BCUT2D eigenvalue weighted by molar-refractivity contribution is 6.33. The number of amides is 1. The minimum absolute atomic E-state index is 0.0337. The Morgan fingerprint density at radius 3 is 2.65 bits per heavy atom. The van der Waals surface area contributed by atoms with Gasteiger partial charge in [0, 0.05) is 17.7 Å². The summed E-state index contributed by atoms with van der Waals surface area (Å²) in [6.07, 6.45) is 0. The number of halogens is 2. The van der Waals surface area contributed by atoms with E-state index in [0.29, 0.717) is 10.2 Å². The van der Waals surface area contributed by atoms with Crippen LogP contribution in [0.25, 0.3) is 11.5 Å². The van der Waals surface area contributed by atoms with Crippen LogP contribution >= 0.6 is 11.6 Å². The Balaban J connectivity index is 1.58. The predicted octanol–water partition coefficient (Wildman–Crippen LogP) is 2.39. The standard InChI is InChI=1S/C18H12ClFN4O7/c19-13-6-5-12(24(28)29)7-14(13)21-15(25)9-30-16(26)8-23-18(27)31-17(22-23)10-1-3-11(20)4-2-10/h1-7H,8-9H2,(H,21,25). The number of hydrogen-bond donors (Lipinski definition) is 1. The third-order valence-electron chi connectivity index (χ3n) is 3.78. The van der Waals surface area contributed by atoms with Gasteiger partial charge < -0.3 is 14.5 Å². The van der Waals surface area contributed by atoms with Crippen molar-refractivity contribution < 1.29 is 28.1 Å². The number of rotatable bonds is 7. The molecule has 160 valence electrons. The van der Waals surface area contributed by atoms with Gasteiger partial charge in [-0.25, -0.2) is 9.18 Å². The summed E-state index contributed by atoms with van der Waals surface area (Å²) in [5.74, 6) is -3.35. The van der Waals surface area contributed by atoms with Gasteiger partial charge in [0.25, 0.3) is 11.6 Å². The van der Waals surface area contributed by atoms with Crippen molar-refractivity contribution in [2.75, 3.05) is 11.9 Å². The van der Waals surface area contributed by atoms with Crippen LogP contribution in [0.5, 0.6) is 0 Å². The molecule has 0 atom stereocenters. The van der Waals surface area contributed by atoms with Crippen molar-refractivity contribution in [1.29, 1.82) is 0 Å². The zero-order valence-corrected chi connectivity index (χ0v) is 16.2. The fraction of sp³-hybridized carbons (Fsp3) is 0.111.